The molecule has 1 aromatic carbocycles. The highest BCUT2D eigenvalue weighted by atomic mass is 31.2. The van der Waals surface area contributed by atoms with Gasteiger partial charge in [0.05, 0.1) is 20.4 Å². The Hall–Kier alpha value is -2.43. The van der Waals surface area contributed by atoms with Gasteiger partial charge in [0, 0.05) is 18.0 Å². The van der Waals surface area contributed by atoms with Crippen molar-refractivity contribution in [2.45, 2.75) is 31.7 Å². The molecule has 8 nitrogen and oxygen atoms in total. The van der Waals surface area contributed by atoms with Crippen LogP contribution in [0.2, 0.25) is 0 Å². The van der Waals surface area contributed by atoms with E-state index in [1.54, 1.807) is 45.4 Å². The summed E-state index contributed by atoms with van der Waals surface area (Å²) in [5.74, 6) is 8.82. The van der Waals surface area contributed by atoms with Crippen molar-refractivity contribution in [1.29, 1.82) is 0 Å². The lowest BCUT2D eigenvalue weighted by molar-refractivity contribution is 0.341. The van der Waals surface area contributed by atoms with E-state index >= 15 is 0 Å². The third-order valence-electron chi connectivity index (χ3n) is 4.46. The molecule has 0 saturated heterocycles. The quantitative estimate of drug-likeness (QED) is 0.383. The maximum Gasteiger partial charge on any atom is 0.325 e. The molecule has 0 aliphatic heterocycles. The molecule has 0 bridgehead atoms. The maximum absolute atomic E-state index is 11.0. The molecular weight excluding hydrogens is 409 g/mol. The van der Waals surface area contributed by atoms with Gasteiger partial charge in [0.1, 0.15) is 18.1 Å². The molecule has 1 heterocycles. The number of rotatable bonds is 10. The fraction of sp³-hybridized carbons (Fsp3) is 0.429. The molecule has 9 heteroatoms. The summed E-state index contributed by atoms with van der Waals surface area (Å²) in [6.45, 7) is 1.95. The van der Waals surface area contributed by atoms with Crippen LogP contribution in [0.5, 0.6) is 17.2 Å². The Labute approximate surface area is 176 Å². The lowest BCUT2D eigenvalue weighted by Crippen LogP contribution is -2.37. The minimum atomic E-state index is -4.05. The monoisotopic (exact) mass is 437 g/mol. The topological polar surface area (TPSA) is 124 Å². The van der Waals surface area contributed by atoms with E-state index in [0.717, 1.165) is 0 Å². The molecular formula is C21H28NO7P. The molecule has 1 unspecified atom stereocenters. The van der Waals surface area contributed by atoms with Crippen LogP contribution in [0.1, 0.15) is 31.3 Å². The van der Waals surface area contributed by atoms with Crippen LogP contribution in [0, 0.1) is 11.8 Å². The van der Waals surface area contributed by atoms with Crippen LogP contribution in [-0.4, -0.2) is 42.3 Å². The highest BCUT2D eigenvalue weighted by Crippen LogP contribution is 2.37. The zero-order valence-electron chi connectivity index (χ0n) is 17.4. The number of hydrogen-bond acceptors (Lipinski definition) is 6. The highest BCUT2D eigenvalue weighted by molar-refractivity contribution is 7.51. The molecule has 0 aliphatic rings. The van der Waals surface area contributed by atoms with Gasteiger partial charge in [0.25, 0.3) is 0 Å². The van der Waals surface area contributed by atoms with Gasteiger partial charge in [-0.1, -0.05) is 5.92 Å². The molecule has 2 aromatic rings. The van der Waals surface area contributed by atoms with Gasteiger partial charge in [-0.2, -0.15) is 0 Å². The summed E-state index contributed by atoms with van der Waals surface area (Å²) in [6.07, 6.45) is 1.10. The van der Waals surface area contributed by atoms with Gasteiger partial charge in [0.2, 0.25) is 0 Å². The maximum atomic E-state index is 11.0. The summed E-state index contributed by atoms with van der Waals surface area (Å²) in [7, 11) is -0.924. The Kier molecular flexibility index (Phi) is 8.39. The largest absolute Gasteiger partial charge is 0.493 e. The van der Waals surface area contributed by atoms with E-state index in [2.05, 4.69) is 11.8 Å². The van der Waals surface area contributed by atoms with Crippen LogP contribution in [0.15, 0.2) is 34.7 Å². The number of aryl methyl sites for hydroxylation is 1. The van der Waals surface area contributed by atoms with E-state index in [1.807, 2.05) is 6.07 Å². The minimum Gasteiger partial charge on any atom is -0.493 e. The van der Waals surface area contributed by atoms with Crippen molar-refractivity contribution in [1.82, 2.24) is 0 Å². The van der Waals surface area contributed by atoms with Gasteiger partial charge >= 0.3 is 7.60 Å². The molecule has 0 radical (unpaired) electrons. The normalized spacial score (nSPS) is 13.1. The van der Waals surface area contributed by atoms with Crippen molar-refractivity contribution in [3.8, 4) is 29.1 Å². The van der Waals surface area contributed by atoms with Crippen LogP contribution in [-0.2, 0) is 11.0 Å². The van der Waals surface area contributed by atoms with E-state index < -0.39 is 13.1 Å². The van der Waals surface area contributed by atoms with E-state index in [1.165, 1.54) is 0 Å². The average Bonchev–Trinajstić information content (AvgIpc) is 3.15. The van der Waals surface area contributed by atoms with E-state index in [4.69, 9.17) is 34.1 Å². The molecule has 164 valence electrons. The SMILES string of the molecule is COc1ccc(OCC#Cc2ccc(CCC(C)(N)CCP(=O)(O)O)o2)cc1OC. The lowest BCUT2D eigenvalue weighted by Gasteiger charge is -2.24. The van der Waals surface area contributed by atoms with Gasteiger partial charge < -0.3 is 34.1 Å². The van der Waals surface area contributed by atoms with Gasteiger partial charge in [0.15, 0.2) is 17.3 Å². The Bertz CT molecular complexity index is 936. The van der Waals surface area contributed by atoms with Crippen LogP contribution in [0.25, 0.3) is 0 Å². The Morgan fingerprint density at radius 3 is 2.53 bits per heavy atom. The Balaban J connectivity index is 1.84. The highest BCUT2D eigenvalue weighted by Gasteiger charge is 2.24. The average molecular weight is 437 g/mol. The number of ether oxygens (including phenoxy) is 3. The number of furan rings is 1. The van der Waals surface area contributed by atoms with Crippen molar-refractivity contribution in [2.24, 2.45) is 5.73 Å². The zero-order valence-corrected chi connectivity index (χ0v) is 18.3. The molecule has 1 atom stereocenters. The first kappa shape index (κ1) is 23.8. The third-order valence-corrected chi connectivity index (χ3v) is 5.26. The smallest absolute Gasteiger partial charge is 0.325 e. The second kappa shape index (κ2) is 10.6. The number of hydrogen-bond donors (Lipinski definition) is 3. The van der Waals surface area contributed by atoms with Crippen LogP contribution in [0.4, 0.5) is 0 Å². The first-order valence-corrected chi connectivity index (χ1v) is 11.2. The second-order valence-corrected chi connectivity index (χ2v) is 8.94. The van der Waals surface area contributed by atoms with Crippen molar-refractivity contribution < 1.29 is 33.0 Å². The first-order chi connectivity index (χ1) is 14.1. The molecule has 0 saturated carbocycles. The molecule has 0 fully saturated rings. The van der Waals surface area contributed by atoms with Crippen LogP contribution < -0.4 is 19.9 Å². The standard InChI is InChI=1S/C21H28NO7P/c1-21(22,12-14-30(23,24)25)11-10-17-7-6-16(29-17)5-4-13-28-18-8-9-19(26-2)20(15-18)27-3/h6-9,15H,10-14,22H2,1-3H3,(H2,23,24,25). The van der Waals surface area contributed by atoms with Gasteiger partial charge in [-0.05, 0) is 50.0 Å². The molecule has 1 aromatic heterocycles. The Morgan fingerprint density at radius 1 is 1.13 bits per heavy atom. The molecule has 0 aliphatic carbocycles. The fourth-order valence-electron chi connectivity index (χ4n) is 2.66. The summed E-state index contributed by atoms with van der Waals surface area (Å²) < 4.78 is 32.7. The Morgan fingerprint density at radius 2 is 1.87 bits per heavy atom. The minimum absolute atomic E-state index is 0.175. The molecule has 4 N–H and O–H groups in total. The molecule has 2 rings (SSSR count). The number of nitrogens with two attached hydrogens (primary N) is 1. The van der Waals surface area contributed by atoms with Crippen molar-refractivity contribution >= 4 is 7.60 Å². The van der Waals surface area contributed by atoms with Crippen molar-refractivity contribution in [3.05, 3.63) is 41.9 Å². The molecule has 0 spiro atoms. The lowest BCUT2D eigenvalue weighted by atomic mass is 9.93. The summed E-state index contributed by atoms with van der Waals surface area (Å²) in [5.41, 5.74) is 5.44. The second-order valence-electron chi connectivity index (χ2n) is 7.17. The van der Waals surface area contributed by atoms with Crippen LogP contribution >= 0.6 is 7.60 Å². The predicted molar refractivity (Wildman–Crippen MR) is 113 cm³/mol. The van der Waals surface area contributed by atoms with E-state index in [0.29, 0.717) is 41.6 Å². The summed E-state index contributed by atoms with van der Waals surface area (Å²) in [6, 6.07) is 8.83. The van der Waals surface area contributed by atoms with Gasteiger partial charge in [-0.25, -0.2) is 0 Å². The zero-order chi connectivity index (χ0) is 22.2. The summed E-state index contributed by atoms with van der Waals surface area (Å²) >= 11 is 0. The van der Waals surface area contributed by atoms with Crippen molar-refractivity contribution in [2.75, 3.05) is 27.0 Å². The van der Waals surface area contributed by atoms with E-state index in [-0.39, 0.29) is 19.2 Å². The van der Waals surface area contributed by atoms with Crippen LogP contribution in [0.3, 0.4) is 0 Å². The third kappa shape index (κ3) is 8.13. The predicted octanol–water partition coefficient (Wildman–Crippen LogP) is 2.95. The first-order valence-electron chi connectivity index (χ1n) is 9.38. The van der Waals surface area contributed by atoms with Gasteiger partial charge in [-0.3, -0.25) is 4.57 Å². The summed E-state index contributed by atoms with van der Waals surface area (Å²) in [5, 5.41) is 0. The summed E-state index contributed by atoms with van der Waals surface area (Å²) in [4.78, 5) is 18.0. The molecule has 0 amide bonds. The number of benzene rings is 1. The number of methoxy groups -OCH3 is 2. The van der Waals surface area contributed by atoms with Crippen molar-refractivity contribution in [3.63, 3.8) is 0 Å². The molecule has 30 heavy (non-hydrogen) atoms. The van der Waals surface area contributed by atoms with Gasteiger partial charge in [-0.15, -0.1) is 0 Å². The van der Waals surface area contributed by atoms with E-state index in [9.17, 15) is 4.57 Å². The fourth-order valence-corrected chi connectivity index (χ4v) is 3.47.